The first-order valence-electron chi connectivity index (χ1n) is 9.30. The first-order chi connectivity index (χ1) is 14.6. The van der Waals surface area contributed by atoms with Crippen LogP contribution in [0.25, 0.3) is 22.4 Å². The smallest absolute Gasteiger partial charge is 0.269 e. The third-order valence-corrected chi connectivity index (χ3v) is 5.39. The lowest BCUT2D eigenvalue weighted by Gasteiger charge is -2.17. The molecule has 3 aromatic carbocycles. The van der Waals surface area contributed by atoms with Gasteiger partial charge in [-0.3, -0.25) is 4.79 Å². The molecule has 1 heterocycles. The Morgan fingerprint density at radius 1 is 0.800 bits per heavy atom. The summed E-state index contributed by atoms with van der Waals surface area (Å²) in [6, 6.07) is 28.1. The summed E-state index contributed by atoms with van der Waals surface area (Å²) < 4.78 is 1.64. The zero-order valence-electron chi connectivity index (χ0n) is 15.8. The first kappa shape index (κ1) is 20.0. The van der Waals surface area contributed by atoms with Gasteiger partial charge in [0.25, 0.3) is 5.56 Å². The van der Waals surface area contributed by atoms with Crippen LogP contribution in [0, 0.1) is 11.3 Å². The number of halogens is 2. The number of nitriles is 1. The fraction of sp³-hybridized carbons (Fsp3) is 0.0400. The van der Waals surface area contributed by atoms with Gasteiger partial charge in [0, 0.05) is 15.6 Å². The Labute approximate surface area is 184 Å². The SMILES string of the molecule is N#Cc1c(-c2ccc(Cl)cc2)cc(-c2ccc(Cl)cc2)n(Cc2ccccc2)c1=O. The number of aromatic nitrogens is 1. The van der Waals surface area contributed by atoms with Crippen molar-refractivity contribution in [3.63, 3.8) is 0 Å². The molecule has 4 aromatic rings. The summed E-state index contributed by atoms with van der Waals surface area (Å²) in [5.41, 5.74) is 3.63. The fourth-order valence-corrected chi connectivity index (χ4v) is 3.65. The largest absolute Gasteiger partial charge is 0.303 e. The quantitative estimate of drug-likeness (QED) is 0.375. The molecule has 0 fully saturated rings. The van der Waals surface area contributed by atoms with E-state index in [-0.39, 0.29) is 11.1 Å². The predicted molar refractivity (Wildman–Crippen MR) is 122 cm³/mol. The van der Waals surface area contributed by atoms with Crippen LogP contribution in [0.15, 0.2) is 89.7 Å². The molecule has 0 spiro atoms. The molecule has 0 radical (unpaired) electrons. The third kappa shape index (κ3) is 4.02. The van der Waals surface area contributed by atoms with Gasteiger partial charge in [-0.15, -0.1) is 0 Å². The molecule has 0 saturated heterocycles. The first-order valence-corrected chi connectivity index (χ1v) is 10.1. The average Bonchev–Trinajstić information content (AvgIpc) is 2.77. The highest BCUT2D eigenvalue weighted by molar-refractivity contribution is 6.30. The van der Waals surface area contributed by atoms with Crippen LogP contribution >= 0.6 is 23.2 Å². The Morgan fingerprint density at radius 2 is 1.37 bits per heavy atom. The highest BCUT2D eigenvalue weighted by Crippen LogP contribution is 2.29. The molecular formula is C25H16Cl2N2O. The lowest BCUT2D eigenvalue weighted by atomic mass is 9.98. The summed E-state index contributed by atoms with van der Waals surface area (Å²) in [4.78, 5) is 13.4. The minimum atomic E-state index is -0.334. The van der Waals surface area contributed by atoms with Gasteiger partial charge in [0.2, 0.25) is 0 Å². The van der Waals surface area contributed by atoms with Crippen molar-refractivity contribution in [3.8, 4) is 28.5 Å². The van der Waals surface area contributed by atoms with Gasteiger partial charge in [-0.25, -0.2) is 0 Å². The second-order valence-corrected chi connectivity index (χ2v) is 7.69. The van der Waals surface area contributed by atoms with E-state index in [4.69, 9.17) is 23.2 Å². The zero-order chi connectivity index (χ0) is 21.1. The summed E-state index contributed by atoms with van der Waals surface area (Å²) >= 11 is 12.1. The average molecular weight is 431 g/mol. The number of pyridine rings is 1. The van der Waals surface area contributed by atoms with E-state index < -0.39 is 0 Å². The molecule has 0 amide bonds. The van der Waals surface area contributed by atoms with Crippen molar-refractivity contribution in [3.05, 3.63) is 116 Å². The van der Waals surface area contributed by atoms with Gasteiger partial charge < -0.3 is 4.57 Å². The van der Waals surface area contributed by atoms with Gasteiger partial charge in [-0.2, -0.15) is 5.26 Å². The molecule has 5 heteroatoms. The van der Waals surface area contributed by atoms with Gasteiger partial charge in [0.05, 0.1) is 12.2 Å². The van der Waals surface area contributed by atoms with E-state index in [2.05, 4.69) is 6.07 Å². The van der Waals surface area contributed by atoms with Gasteiger partial charge in [0.15, 0.2) is 0 Å². The monoisotopic (exact) mass is 430 g/mol. The van der Waals surface area contributed by atoms with Gasteiger partial charge in [-0.1, -0.05) is 77.8 Å². The summed E-state index contributed by atoms with van der Waals surface area (Å²) in [5.74, 6) is 0. The van der Waals surface area contributed by atoms with Crippen LogP contribution in [0.5, 0.6) is 0 Å². The van der Waals surface area contributed by atoms with E-state index in [0.717, 1.165) is 16.7 Å². The molecule has 3 nitrogen and oxygen atoms in total. The van der Waals surface area contributed by atoms with E-state index >= 15 is 0 Å². The van der Waals surface area contributed by atoms with Gasteiger partial charge in [-0.05, 0) is 47.0 Å². The van der Waals surface area contributed by atoms with Crippen molar-refractivity contribution in [2.75, 3.05) is 0 Å². The molecule has 0 unspecified atom stereocenters. The van der Waals surface area contributed by atoms with Crippen molar-refractivity contribution >= 4 is 23.2 Å². The molecule has 0 N–H and O–H groups in total. The summed E-state index contributed by atoms with van der Waals surface area (Å²) in [6.07, 6.45) is 0. The fourth-order valence-electron chi connectivity index (χ4n) is 3.39. The second kappa shape index (κ2) is 8.59. The summed E-state index contributed by atoms with van der Waals surface area (Å²) in [5, 5.41) is 11.0. The standard InChI is InChI=1S/C25H16Cl2N2O/c26-20-10-6-18(7-11-20)22-14-24(19-8-12-21(27)13-9-19)29(25(30)23(22)15-28)16-17-4-2-1-3-5-17/h1-14H,16H2. The zero-order valence-corrected chi connectivity index (χ0v) is 17.4. The topological polar surface area (TPSA) is 45.8 Å². The van der Waals surface area contributed by atoms with E-state index in [0.29, 0.717) is 27.8 Å². The molecule has 30 heavy (non-hydrogen) atoms. The molecule has 1 aromatic heterocycles. The molecule has 4 rings (SSSR count). The van der Waals surface area contributed by atoms with Gasteiger partial charge in [0.1, 0.15) is 11.6 Å². The van der Waals surface area contributed by atoms with E-state index in [9.17, 15) is 10.1 Å². The van der Waals surface area contributed by atoms with Crippen molar-refractivity contribution < 1.29 is 0 Å². The third-order valence-electron chi connectivity index (χ3n) is 4.89. The van der Waals surface area contributed by atoms with Crippen LogP contribution in [-0.4, -0.2) is 4.57 Å². The maximum absolute atomic E-state index is 13.4. The molecule has 0 bridgehead atoms. The van der Waals surface area contributed by atoms with E-state index in [1.807, 2.05) is 60.7 Å². The van der Waals surface area contributed by atoms with Crippen molar-refractivity contribution in [2.24, 2.45) is 0 Å². The van der Waals surface area contributed by atoms with E-state index in [1.54, 1.807) is 28.8 Å². The van der Waals surface area contributed by atoms with Crippen molar-refractivity contribution in [1.82, 2.24) is 4.57 Å². The Kier molecular flexibility index (Phi) is 5.72. The second-order valence-electron chi connectivity index (χ2n) is 6.82. The summed E-state index contributed by atoms with van der Waals surface area (Å²) in [6.45, 7) is 0.354. The lowest BCUT2D eigenvalue weighted by molar-refractivity contribution is 0.766. The van der Waals surface area contributed by atoms with Gasteiger partial charge >= 0.3 is 0 Å². The van der Waals surface area contributed by atoms with Crippen LogP contribution in [0.3, 0.4) is 0 Å². The molecular weight excluding hydrogens is 415 g/mol. The lowest BCUT2D eigenvalue weighted by Crippen LogP contribution is -2.25. The molecule has 146 valence electrons. The Hall–Kier alpha value is -3.32. The van der Waals surface area contributed by atoms with E-state index in [1.165, 1.54) is 0 Å². The van der Waals surface area contributed by atoms with Crippen LogP contribution in [0.2, 0.25) is 10.0 Å². The summed E-state index contributed by atoms with van der Waals surface area (Å²) in [7, 11) is 0. The minimum Gasteiger partial charge on any atom is -0.303 e. The van der Waals surface area contributed by atoms with Crippen LogP contribution in [0.1, 0.15) is 11.1 Å². The van der Waals surface area contributed by atoms with Crippen molar-refractivity contribution in [1.29, 1.82) is 5.26 Å². The van der Waals surface area contributed by atoms with Crippen LogP contribution < -0.4 is 5.56 Å². The highest BCUT2D eigenvalue weighted by atomic mass is 35.5. The highest BCUT2D eigenvalue weighted by Gasteiger charge is 2.17. The molecule has 0 saturated carbocycles. The number of rotatable bonds is 4. The number of hydrogen-bond acceptors (Lipinski definition) is 2. The maximum atomic E-state index is 13.4. The van der Waals surface area contributed by atoms with Crippen molar-refractivity contribution in [2.45, 2.75) is 6.54 Å². The predicted octanol–water partition coefficient (Wildman–Crippen LogP) is 6.41. The Balaban J connectivity index is 1.99. The normalized spacial score (nSPS) is 10.6. The Morgan fingerprint density at radius 3 is 1.93 bits per heavy atom. The molecule has 0 aliphatic heterocycles. The number of benzene rings is 3. The van der Waals surface area contributed by atoms with Crippen LogP contribution in [0.4, 0.5) is 0 Å². The molecule has 0 aliphatic carbocycles. The minimum absolute atomic E-state index is 0.103. The molecule has 0 atom stereocenters. The number of nitrogens with zero attached hydrogens (tertiary/aromatic N) is 2. The maximum Gasteiger partial charge on any atom is 0.269 e. The number of hydrogen-bond donors (Lipinski definition) is 0. The Bertz CT molecular complexity index is 1290. The van der Waals surface area contributed by atoms with Crippen LogP contribution in [-0.2, 0) is 6.54 Å². The molecule has 0 aliphatic rings.